The van der Waals surface area contributed by atoms with Crippen molar-refractivity contribution >= 4 is 28.3 Å². The van der Waals surface area contributed by atoms with E-state index in [-0.39, 0.29) is 5.91 Å². The predicted molar refractivity (Wildman–Crippen MR) is 132 cm³/mol. The molecule has 34 heavy (non-hydrogen) atoms. The van der Waals surface area contributed by atoms with E-state index >= 15 is 0 Å². The van der Waals surface area contributed by atoms with Crippen LogP contribution in [0.15, 0.2) is 67.5 Å². The number of hydrogen-bond donors (Lipinski definition) is 2. The van der Waals surface area contributed by atoms with Crippen molar-refractivity contribution in [1.82, 2.24) is 15.0 Å². The van der Waals surface area contributed by atoms with Crippen LogP contribution in [0.3, 0.4) is 0 Å². The molecule has 1 aliphatic heterocycles. The van der Waals surface area contributed by atoms with E-state index in [1.807, 2.05) is 37.3 Å². The van der Waals surface area contributed by atoms with Gasteiger partial charge in [0.25, 0.3) is 0 Å². The molecule has 1 aliphatic rings. The molecule has 8 heteroatoms. The Hall–Kier alpha value is -4.17. The summed E-state index contributed by atoms with van der Waals surface area (Å²) >= 11 is 0. The molecule has 2 N–H and O–H groups in total. The van der Waals surface area contributed by atoms with E-state index in [0.29, 0.717) is 23.0 Å². The smallest absolute Gasteiger partial charge is 0.247 e. The molecule has 0 radical (unpaired) electrons. The average Bonchev–Trinajstić information content (AvgIpc) is 3.32. The maximum atomic E-state index is 11.8. The highest BCUT2D eigenvalue weighted by atomic mass is 16.5. The van der Waals surface area contributed by atoms with Gasteiger partial charge in [0, 0.05) is 41.8 Å². The first kappa shape index (κ1) is 21.7. The van der Waals surface area contributed by atoms with Crippen molar-refractivity contribution in [2.45, 2.75) is 6.92 Å². The molecule has 1 saturated heterocycles. The molecule has 0 unspecified atom stereocenters. The number of H-pyrrole nitrogens is 1. The maximum Gasteiger partial charge on any atom is 0.247 e. The van der Waals surface area contributed by atoms with Crippen LogP contribution in [-0.2, 0) is 9.53 Å². The molecule has 1 amide bonds. The third-order valence-corrected chi connectivity index (χ3v) is 5.80. The van der Waals surface area contributed by atoms with Gasteiger partial charge in [-0.15, -0.1) is 0 Å². The summed E-state index contributed by atoms with van der Waals surface area (Å²) in [4.78, 5) is 26.3. The summed E-state index contributed by atoms with van der Waals surface area (Å²) in [6, 6.07) is 15.8. The highest BCUT2D eigenvalue weighted by Gasteiger charge is 2.18. The Bertz CT molecular complexity index is 1360. The number of aromatic nitrogens is 3. The number of nitrogens with one attached hydrogen (secondary N) is 2. The van der Waals surface area contributed by atoms with Crippen LogP contribution in [0.1, 0.15) is 5.56 Å². The number of rotatable bonds is 6. The number of morpholine rings is 1. The molecule has 0 atom stereocenters. The molecular formula is C26H25N5O3. The van der Waals surface area contributed by atoms with Crippen molar-refractivity contribution in [3.8, 4) is 22.9 Å². The average molecular weight is 456 g/mol. The molecule has 3 heterocycles. The van der Waals surface area contributed by atoms with E-state index in [4.69, 9.17) is 9.47 Å². The number of aromatic amines is 1. The topological polar surface area (TPSA) is 92.4 Å². The SMILES string of the molecule is C=CC(=O)Nc1cc(Oc2ncnc3[nH]c(-c4ccccc4N4CCOCC4)cc23)ccc1C. The number of nitrogens with zero attached hydrogens (tertiary/aromatic N) is 3. The second-order valence-corrected chi connectivity index (χ2v) is 8.01. The summed E-state index contributed by atoms with van der Waals surface area (Å²) in [5.74, 6) is 0.710. The fourth-order valence-electron chi connectivity index (χ4n) is 4.02. The van der Waals surface area contributed by atoms with E-state index in [1.165, 1.54) is 12.4 Å². The first-order chi connectivity index (χ1) is 16.6. The molecule has 2 aromatic heterocycles. The van der Waals surface area contributed by atoms with Gasteiger partial charge in [0.1, 0.15) is 17.7 Å². The second-order valence-electron chi connectivity index (χ2n) is 8.01. The van der Waals surface area contributed by atoms with Gasteiger partial charge in [-0.2, -0.15) is 0 Å². The number of para-hydroxylation sites is 1. The van der Waals surface area contributed by atoms with Crippen LogP contribution >= 0.6 is 0 Å². The first-order valence-electron chi connectivity index (χ1n) is 11.1. The number of anilines is 2. The van der Waals surface area contributed by atoms with Gasteiger partial charge < -0.3 is 24.7 Å². The van der Waals surface area contributed by atoms with Gasteiger partial charge in [-0.05, 0) is 36.8 Å². The molecule has 172 valence electrons. The molecule has 5 rings (SSSR count). The number of ether oxygens (including phenoxy) is 2. The van der Waals surface area contributed by atoms with Gasteiger partial charge in [0.05, 0.1) is 18.6 Å². The van der Waals surface area contributed by atoms with Crippen molar-refractivity contribution in [3.63, 3.8) is 0 Å². The number of benzene rings is 2. The quantitative estimate of drug-likeness (QED) is 0.410. The zero-order valence-electron chi connectivity index (χ0n) is 18.9. The van der Waals surface area contributed by atoms with Crippen LogP contribution in [0.5, 0.6) is 11.6 Å². The second kappa shape index (κ2) is 9.36. The van der Waals surface area contributed by atoms with Crippen molar-refractivity contribution < 1.29 is 14.3 Å². The number of hydrogen-bond acceptors (Lipinski definition) is 6. The van der Waals surface area contributed by atoms with Crippen molar-refractivity contribution in [3.05, 3.63) is 73.1 Å². The van der Waals surface area contributed by atoms with E-state index in [9.17, 15) is 4.79 Å². The molecule has 8 nitrogen and oxygen atoms in total. The van der Waals surface area contributed by atoms with E-state index in [2.05, 4.69) is 43.9 Å². The van der Waals surface area contributed by atoms with Crippen LogP contribution in [-0.4, -0.2) is 47.2 Å². The first-order valence-corrected chi connectivity index (χ1v) is 11.1. The third kappa shape index (κ3) is 4.35. The largest absolute Gasteiger partial charge is 0.438 e. The van der Waals surface area contributed by atoms with Gasteiger partial charge in [0.15, 0.2) is 0 Å². The Kier molecular flexibility index (Phi) is 5.97. The Morgan fingerprint density at radius 1 is 1.18 bits per heavy atom. The molecule has 4 aromatic rings. The van der Waals surface area contributed by atoms with Gasteiger partial charge in [-0.3, -0.25) is 4.79 Å². The Balaban J connectivity index is 1.49. The summed E-state index contributed by atoms with van der Waals surface area (Å²) in [7, 11) is 0. The van der Waals surface area contributed by atoms with Crippen molar-refractivity contribution in [2.24, 2.45) is 0 Å². The van der Waals surface area contributed by atoms with Crippen LogP contribution in [0.2, 0.25) is 0 Å². The molecule has 0 aliphatic carbocycles. The normalized spacial score (nSPS) is 13.6. The zero-order valence-corrected chi connectivity index (χ0v) is 18.9. The lowest BCUT2D eigenvalue weighted by Gasteiger charge is -2.30. The standard InChI is InChI=1S/C26H25N5O3/c1-3-24(32)29-21-14-18(9-8-17(21)2)34-26-20-15-22(30-25(20)27-16-28-26)19-6-4-5-7-23(19)31-10-12-33-13-11-31/h3-9,14-16H,1,10-13H2,2H3,(H,29,32)(H,27,28,30). The zero-order chi connectivity index (χ0) is 23.5. The van der Waals surface area contributed by atoms with Crippen LogP contribution in [0, 0.1) is 6.92 Å². The summed E-state index contributed by atoms with van der Waals surface area (Å²) in [5.41, 5.74) is 5.42. The minimum Gasteiger partial charge on any atom is -0.438 e. The highest BCUT2D eigenvalue weighted by Crippen LogP contribution is 2.36. The van der Waals surface area contributed by atoms with Gasteiger partial charge in [-0.1, -0.05) is 30.8 Å². The number of aryl methyl sites for hydroxylation is 1. The molecule has 1 fully saturated rings. The van der Waals surface area contributed by atoms with Crippen molar-refractivity contribution in [1.29, 1.82) is 0 Å². The fraction of sp³-hybridized carbons (Fsp3) is 0.192. The minimum absolute atomic E-state index is 0.279. The van der Waals surface area contributed by atoms with Crippen LogP contribution in [0.4, 0.5) is 11.4 Å². The number of carbonyl (C=O) groups excluding carboxylic acids is 1. The molecule has 0 bridgehead atoms. The lowest BCUT2D eigenvalue weighted by molar-refractivity contribution is -0.111. The Labute approximate surface area is 197 Å². The monoisotopic (exact) mass is 455 g/mol. The third-order valence-electron chi connectivity index (χ3n) is 5.80. The van der Waals surface area contributed by atoms with Crippen LogP contribution in [0.25, 0.3) is 22.3 Å². The number of carbonyl (C=O) groups is 1. The fourth-order valence-corrected chi connectivity index (χ4v) is 4.02. The van der Waals surface area contributed by atoms with Gasteiger partial charge in [0.2, 0.25) is 11.8 Å². The molecule has 2 aromatic carbocycles. The minimum atomic E-state index is -0.279. The maximum absolute atomic E-state index is 11.8. The highest BCUT2D eigenvalue weighted by molar-refractivity contribution is 5.99. The van der Waals surface area contributed by atoms with E-state index in [1.54, 1.807) is 6.07 Å². The summed E-state index contributed by atoms with van der Waals surface area (Å²) < 4.78 is 11.6. The van der Waals surface area contributed by atoms with Crippen LogP contribution < -0.4 is 15.0 Å². The lowest BCUT2D eigenvalue weighted by Crippen LogP contribution is -2.36. The summed E-state index contributed by atoms with van der Waals surface area (Å²) in [6.07, 6.45) is 2.71. The van der Waals surface area contributed by atoms with Gasteiger partial charge in [-0.25, -0.2) is 9.97 Å². The van der Waals surface area contributed by atoms with E-state index < -0.39 is 0 Å². The lowest BCUT2D eigenvalue weighted by atomic mass is 10.1. The summed E-state index contributed by atoms with van der Waals surface area (Å²) in [6.45, 7) is 8.55. The summed E-state index contributed by atoms with van der Waals surface area (Å²) in [5, 5.41) is 3.57. The Morgan fingerprint density at radius 2 is 2.00 bits per heavy atom. The van der Waals surface area contributed by atoms with E-state index in [0.717, 1.165) is 54.2 Å². The number of amides is 1. The Morgan fingerprint density at radius 3 is 2.82 bits per heavy atom. The predicted octanol–water partition coefficient (Wildman–Crippen LogP) is 4.69. The molecule has 0 spiro atoms. The van der Waals surface area contributed by atoms with Crippen molar-refractivity contribution in [2.75, 3.05) is 36.5 Å². The van der Waals surface area contributed by atoms with Gasteiger partial charge >= 0.3 is 0 Å². The molecule has 0 saturated carbocycles. The number of fused-ring (bicyclic) bond motifs is 1. The molecular weight excluding hydrogens is 430 g/mol.